The molecule has 0 radical (unpaired) electrons. The third-order valence-electron chi connectivity index (χ3n) is 5.13. The number of benzene rings is 1. The minimum absolute atomic E-state index is 0.160. The second kappa shape index (κ2) is 6.94. The van der Waals surface area contributed by atoms with E-state index < -0.39 is 0 Å². The van der Waals surface area contributed by atoms with Gasteiger partial charge in [0.15, 0.2) is 11.5 Å². The third-order valence-corrected chi connectivity index (χ3v) is 6.90. The Morgan fingerprint density at radius 1 is 1.24 bits per heavy atom. The van der Waals surface area contributed by atoms with Crippen molar-refractivity contribution in [3.05, 3.63) is 34.6 Å². The molecule has 5 rings (SSSR count). The summed E-state index contributed by atoms with van der Waals surface area (Å²) in [5.74, 6) is 1.13. The fourth-order valence-electron chi connectivity index (χ4n) is 3.43. The Morgan fingerprint density at radius 3 is 2.76 bits per heavy atom. The van der Waals surface area contributed by atoms with Gasteiger partial charge < -0.3 is 15.1 Å². The number of hydrogen-bond acceptors (Lipinski definition) is 8. The molecule has 11 heteroatoms. The van der Waals surface area contributed by atoms with Crippen molar-refractivity contribution in [2.24, 2.45) is 5.73 Å². The van der Waals surface area contributed by atoms with Gasteiger partial charge in [0.05, 0.1) is 10.0 Å². The van der Waals surface area contributed by atoms with Crippen molar-refractivity contribution in [2.75, 3.05) is 18.0 Å². The summed E-state index contributed by atoms with van der Waals surface area (Å²) in [5, 5.41) is 14.3. The molecule has 0 amide bonds. The quantitative estimate of drug-likeness (QED) is 0.501. The Hall–Kier alpha value is -2.20. The summed E-state index contributed by atoms with van der Waals surface area (Å²) in [7, 11) is 0. The van der Waals surface area contributed by atoms with Crippen LogP contribution in [0.15, 0.2) is 29.0 Å². The monoisotopic (exact) mass is 449 g/mol. The van der Waals surface area contributed by atoms with Gasteiger partial charge in [-0.25, -0.2) is 0 Å². The first-order valence-corrected chi connectivity index (χ1v) is 10.6. The second-order valence-electron chi connectivity index (χ2n) is 7.37. The molecular formula is C18H17Cl2N7OS. The van der Waals surface area contributed by atoms with Gasteiger partial charge in [-0.05, 0) is 25.8 Å². The average Bonchev–Trinajstić information content (AvgIpc) is 3.39. The van der Waals surface area contributed by atoms with E-state index in [1.54, 1.807) is 10.6 Å². The van der Waals surface area contributed by atoms with Gasteiger partial charge in [0.2, 0.25) is 11.4 Å². The fraction of sp³-hybridized carbons (Fsp3) is 0.333. The molecule has 4 heterocycles. The van der Waals surface area contributed by atoms with Crippen LogP contribution in [-0.4, -0.2) is 43.4 Å². The number of hydrogen-bond donors (Lipinski definition) is 1. The molecule has 0 atom stereocenters. The Balaban J connectivity index is 1.63. The SMILES string of the molecule is CC1(N)CCN(c2nc3sc(-c4cccc(Cl)c4Cl)nn3c2-c2nnco2)CC1. The maximum atomic E-state index is 6.39. The van der Waals surface area contributed by atoms with Gasteiger partial charge in [0, 0.05) is 24.2 Å². The van der Waals surface area contributed by atoms with E-state index in [1.165, 1.54) is 17.7 Å². The number of anilines is 1. The lowest BCUT2D eigenvalue weighted by Crippen LogP contribution is -2.48. The minimum Gasteiger partial charge on any atom is -0.422 e. The Bertz CT molecular complexity index is 1170. The van der Waals surface area contributed by atoms with E-state index in [4.69, 9.17) is 43.4 Å². The molecule has 2 N–H and O–H groups in total. The maximum absolute atomic E-state index is 6.39. The molecule has 4 aromatic rings. The molecule has 0 saturated carbocycles. The molecule has 8 nitrogen and oxygen atoms in total. The standard InChI is InChI=1S/C18H17Cl2N7OS/c1-18(21)5-7-26(8-6-18)14-13(15-24-22-9-28-15)27-17(23-14)29-16(25-27)10-3-2-4-11(19)12(10)20/h2-4,9H,5-8,21H2,1H3. The number of fused-ring (bicyclic) bond motifs is 1. The molecule has 1 aliphatic rings. The topological polar surface area (TPSA) is 98.4 Å². The van der Waals surface area contributed by atoms with Crippen LogP contribution in [-0.2, 0) is 0 Å². The van der Waals surface area contributed by atoms with E-state index in [2.05, 4.69) is 22.0 Å². The molecule has 1 aliphatic heterocycles. The van der Waals surface area contributed by atoms with Crippen LogP contribution >= 0.6 is 34.5 Å². The lowest BCUT2D eigenvalue weighted by atomic mass is 9.91. The highest BCUT2D eigenvalue weighted by molar-refractivity contribution is 7.20. The average molecular weight is 450 g/mol. The Morgan fingerprint density at radius 2 is 2.03 bits per heavy atom. The third kappa shape index (κ3) is 3.28. The van der Waals surface area contributed by atoms with Gasteiger partial charge in [-0.2, -0.15) is 14.6 Å². The van der Waals surface area contributed by atoms with Crippen molar-refractivity contribution >= 4 is 45.3 Å². The molecule has 3 aromatic heterocycles. The molecule has 1 saturated heterocycles. The second-order valence-corrected chi connectivity index (χ2v) is 9.11. The number of aromatic nitrogens is 5. The predicted molar refractivity (Wildman–Crippen MR) is 114 cm³/mol. The van der Waals surface area contributed by atoms with Gasteiger partial charge in [-0.3, -0.25) is 0 Å². The first-order chi connectivity index (χ1) is 13.9. The molecule has 150 valence electrons. The van der Waals surface area contributed by atoms with Crippen molar-refractivity contribution in [3.8, 4) is 22.2 Å². The number of halogens is 2. The van der Waals surface area contributed by atoms with Crippen LogP contribution in [0.1, 0.15) is 19.8 Å². The summed E-state index contributed by atoms with van der Waals surface area (Å²) < 4.78 is 7.23. The molecule has 1 aromatic carbocycles. The van der Waals surface area contributed by atoms with Gasteiger partial charge >= 0.3 is 0 Å². The van der Waals surface area contributed by atoms with Crippen LogP contribution in [0.3, 0.4) is 0 Å². The molecule has 0 spiro atoms. The number of nitrogens with two attached hydrogens (primary N) is 1. The van der Waals surface area contributed by atoms with Crippen LogP contribution in [0, 0.1) is 0 Å². The van der Waals surface area contributed by atoms with Crippen LogP contribution in [0.4, 0.5) is 5.82 Å². The summed E-state index contributed by atoms with van der Waals surface area (Å²) >= 11 is 14.0. The first-order valence-electron chi connectivity index (χ1n) is 9.07. The van der Waals surface area contributed by atoms with E-state index in [1.807, 2.05) is 12.1 Å². The van der Waals surface area contributed by atoms with Crippen LogP contribution in [0.25, 0.3) is 27.1 Å². The van der Waals surface area contributed by atoms with E-state index in [0.29, 0.717) is 31.6 Å². The van der Waals surface area contributed by atoms with Gasteiger partial charge in [0.1, 0.15) is 5.01 Å². The molecular weight excluding hydrogens is 433 g/mol. The number of rotatable bonds is 3. The van der Waals surface area contributed by atoms with E-state index in [-0.39, 0.29) is 5.54 Å². The zero-order valence-electron chi connectivity index (χ0n) is 15.5. The molecule has 1 fully saturated rings. The lowest BCUT2D eigenvalue weighted by molar-refractivity contribution is 0.363. The van der Waals surface area contributed by atoms with E-state index in [9.17, 15) is 0 Å². The van der Waals surface area contributed by atoms with Crippen LogP contribution in [0.2, 0.25) is 10.0 Å². The highest BCUT2D eigenvalue weighted by Crippen LogP contribution is 2.39. The number of nitrogens with zero attached hydrogens (tertiary/aromatic N) is 6. The van der Waals surface area contributed by atoms with Crippen molar-refractivity contribution in [2.45, 2.75) is 25.3 Å². The number of piperidine rings is 1. The van der Waals surface area contributed by atoms with Crippen molar-refractivity contribution in [1.82, 2.24) is 24.8 Å². The largest absolute Gasteiger partial charge is 0.422 e. The smallest absolute Gasteiger partial charge is 0.270 e. The highest BCUT2D eigenvalue weighted by atomic mass is 35.5. The van der Waals surface area contributed by atoms with Crippen LogP contribution in [0.5, 0.6) is 0 Å². The highest BCUT2D eigenvalue weighted by Gasteiger charge is 2.31. The van der Waals surface area contributed by atoms with E-state index >= 15 is 0 Å². The lowest BCUT2D eigenvalue weighted by Gasteiger charge is -2.37. The van der Waals surface area contributed by atoms with Gasteiger partial charge in [-0.15, -0.1) is 10.2 Å². The van der Waals surface area contributed by atoms with Crippen molar-refractivity contribution < 1.29 is 4.42 Å². The molecule has 0 bridgehead atoms. The van der Waals surface area contributed by atoms with Crippen molar-refractivity contribution in [3.63, 3.8) is 0 Å². The molecule has 0 unspecified atom stereocenters. The number of imidazole rings is 1. The molecule has 0 aliphatic carbocycles. The normalized spacial score (nSPS) is 16.6. The van der Waals surface area contributed by atoms with Crippen LogP contribution < -0.4 is 10.6 Å². The Labute approximate surface area is 180 Å². The maximum Gasteiger partial charge on any atom is 0.270 e. The summed E-state index contributed by atoms with van der Waals surface area (Å²) in [6, 6.07) is 5.47. The van der Waals surface area contributed by atoms with E-state index in [0.717, 1.165) is 37.3 Å². The summed E-state index contributed by atoms with van der Waals surface area (Å²) in [6.45, 7) is 3.68. The fourth-order valence-corrected chi connectivity index (χ4v) is 4.80. The minimum atomic E-state index is -0.160. The zero-order valence-corrected chi connectivity index (χ0v) is 17.8. The summed E-state index contributed by atoms with van der Waals surface area (Å²) in [4.78, 5) is 7.74. The Kier molecular flexibility index (Phi) is 4.50. The summed E-state index contributed by atoms with van der Waals surface area (Å²) in [5.41, 5.74) is 7.55. The van der Waals surface area contributed by atoms with Gasteiger partial charge in [0.25, 0.3) is 5.89 Å². The van der Waals surface area contributed by atoms with Gasteiger partial charge in [-0.1, -0.05) is 46.7 Å². The molecule has 29 heavy (non-hydrogen) atoms. The van der Waals surface area contributed by atoms with Crippen molar-refractivity contribution in [1.29, 1.82) is 0 Å². The first kappa shape index (κ1) is 18.8. The zero-order chi connectivity index (χ0) is 20.2. The predicted octanol–water partition coefficient (Wildman–Crippen LogP) is 4.13. The summed E-state index contributed by atoms with van der Waals surface area (Å²) in [6.07, 6.45) is 3.04.